The van der Waals surface area contributed by atoms with Crippen LogP contribution in [0.4, 0.5) is 0 Å². The van der Waals surface area contributed by atoms with Gasteiger partial charge in [-0.1, -0.05) is 24.8 Å². The summed E-state index contributed by atoms with van der Waals surface area (Å²) in [5.74, 6) is 3.67. The van der Waals surface area contributed by atoms with Crippen molar-refractivity contribution in [3.63, 3.8) is 0 Å². The highest BCUT2D eigenvalue weighted by Gasteiger charge is 2.14. The second-order valence-electron chi connectivity index (χ2n) is 3.49. The Balaban J connectivity index is 3.03. The summed E-state index contributed by atoms with van der Waals surface area (Å²) in [6, 6.07) is 0. The van der Waals surface area contributed by atoms with Gasteiger partial charge in [0.25, 0.3) is 0 Å². The molecule has 14 heavy (non-hydrogen) atoms. The summed E-state index contributed by atoms with van der Waals surface area (Å²) in [4.78, 5) is 0. The molecule has 0 radical (unpaired) electrons. The second kappa shape index (κ2) is 4.05. The molecule has 0 amide bonds. The molecule has 0 fully saturated rings. The van der Waals surface area contributed by atoms with E-state index in [2.05, 4.69) is 24.6 Å². The van der Waals surface area contributed by atoms with Gasteiger partial charge in [-0.15, -0.1) is 0 Å². The van der Waals surface area contributed by atoms with Gasteiger partial charge in [-0.2, -0.15) is 0 Å². The first kappa shape index (κ1) is 11.1. The largest absolute Gasteiger partial charge is 0.303 e. The van der Waals surface area contributed by atoms with E-state index in [1.54, 1.807) is 16.6 Å². The van der Waals surface area contributed by atoms with E-state index in [1.807, 2.05) is 7.05 Å². The molecule has 0 saturated carbocycles. The van der Waals surface area contributed by atoms with Crippen LogP contribution in [0.15, 0.2) is 36.1 Å². The van der Waals surface area contributed by atoms with Crippen molar-refractivity contribution >= 4 is 15.6 Å². The summed E-state index contributed by atoms with van der Waals surface area (Å²) in [5.41, 5.74) is 2.03. The van der Waals surface area contributed by atoms with Gasteiger partial charge in [0.05, 0.1) is 5.70 Å². The van der Waals surface area contributed by atoms with Crippen LogP contribution >= 0.6 is 0 Å². The number of hydrogen-bond acceptors (Lipinski definition) is 1. The Morgan fingerprint density at radius 3 is 2.57 bits per heavy atom. The van der Waals surface area contributed by atoms with Crippen LogP contribution in [0.1, 0.15) is 12.8 Å². The Labute approximate surface area is 86.8 Å². The average molecular weight is 211 g/mol. The third kappa shape index (κ3) is 2.29. The van der Waals surface area contributed by atoms with Crippen molar-refractivity contribution in [3.8, 4) is 0 Å². The van der Waals surface area contributed by atoms with Crippen LogP contribution in [-0.2, 0) is 9.71 Å². The lowest BCUT2D eigenvalue weighted by Gasteiger charge is -2.26. The van der Waals surface area contributed by atoms with Crippen LogP contribution in [-0.4, -0.2) is 27.7 Å². The van der Waals surface area contributed by atoms with E-state index in [9.17, 15) is 4.21 Å². The highest BCUT2D eigenvalue weighted by atomic mass is 32.2. The van der Waals surface area contributed by atoms with Gasteiger partial charge in [-0.3, -0.25) is 0 Å². The van der Waals surface area contributed by atoms with Crippen molar-refractivity contribution in [2.75, 3.05) is 13.3 Å². The molecule has 78 valence electrons. The Morgan fingerprint density at radius 1 is 1.50 bits per heavy atom. The van der Waals surface area contributed by atoms with Crippen molar-refractivity contribution in [3.05, 3.63) is 36.1 Å². The van der Waals surface area contributed by atoms with Crippen LogP contribution in [0.3, 0.4) is 0 Å². The average Bonchev–Trinajstić information content (AvgIpc) is 2.15. The van der Waals surface area contributed by atoms with Gasteiger partial charge >= 0.3 is 0 Å². The van der Waals surface area contributed by atoms with E-state index < -0.39 is 9.71 Å². The molecule has 1 atom stereocenters. The zero-order valence-corrected chi connectivity index (χ0v) is 9.64. The van der Waals surface area contributed by atoms with Crippen LogP contribution < -0.4 is 0 Å². The van der Waals surface area contributed by atoms with Crippen LogP contribution in [0.25, 0.3) is 0 Å². The summed E-state index contributed by atoms with van der Waals surface area (Å²) in [5, 5.41) is 0. The molecule has 0 spiro atoms. The first-order valence-electron chi connectivity index (χ1n) is 4.56. The van der Waals surface area contributed by atoms with Crippen molar-refractivity contribution in [1.29, 1.82) is 0 Å². The van der Waals surface area contributed by atoms with Crippen molar-refractivity contribution in [1.82, 2.24) is 4.31 Å². The van der Waals surface area contributed by atoms with Crippen molar-refractivity contribution in [2.45, 2.75) is 12.8 Å². The summed E-state index contributed by atoms with van der Waals surface area (Å²) >= 11 is 0. The fourth-order valence-electron chi connectivity index (χ4n) is 1.39. The fraction of sp³-hybridized carbons (Fsp3) is 0.364. The molecule has 1 rings (SSSR count). The SMILES string of the molecule is C=CC1=CCCC=C1N(C)S(=C)(C)=O. The standard InChI is InChI=1S/C11H17NOS/c1-5-10-8-6-7-9-11(10)12(2)14(3,4)13/h5,8-9H,1,3,6-7H2,2,4H3. The predicted molar refractivity (Wildman–Crippen MR) is 64.5 cm³/mol. The van der Waals surface area contributed by atoms with Crippen molar-refractivity contribution < 1.29 is 4.21 Å². The number of rotatable bonds is 3. The molecule has 0 heterocycles. The molecule has 0 aromatic heterocycles. The summed E-state index contributed by atoms with van der Waals surface area (Å²) in [6.45, 7) is 3.75. The molecule has 0 aromatic rings. The zero-order valence-electron chi connectivity index (χ0n) is 8.82. The van der Waals surface area contributed by atoms with Crippen LogP contribution in [0.5, 0.6) is 0 Å². The topological polar surface area (TPSA) is 20.3 Å². The lowest BCUT2D eigenvalue weighted by atomic mass is 10.0. The molecule has 3 heteroatoms. The monoisotopic (exact) mass is 211 g/mol. The maximum absolute atomic E-state index is 11.8. The molecule has 2 nitrogen and oxygen atoms in total. The minimum absolute atomic E-state index is 0.980. The highest BCUT2D eigenvalue weighted by molar-refractivity contribution is 7.97. The summed E-state index contributed by atoms with van der Waals surface area (Å²) < 4.78 is 13.5. The molecule has 0 aromatic carbocycles. The lowest BCUT2D eigenvalue weighted by molar-refractivity contribution is 0.609. The van der Waals surface area contributed by atoms with Gasteiger partial charge < -0.3 is 4.31 Å². The van der Waals surface area contributed by atoms with E-state index in [-0.39, 0.29) is 0 Å². The maximum Gasteiger partial charge on any atom is 0.0512 e. The van der Waals surface area contributed by atoms with Crippen LogP contribution in [0.2, 0.25) is 0 Å². The van der Waals surface area contributed by atoms with Gasteiger partial charge in [0.1, 0.15) is 0 Å². The third-order valence-corrected chi connectivity index (χ3v) is 3.66. The fourth-order valence-corrected chi connectivity index (χ4v) is 1.98. The number of allylic oxidation sites excluding steroid dienone is 3. The molecule has 0 aliphatic heterocycles. The van der Waals surface area contributed by atoms with E-state index in [4.69, 9.17) is 0 Å². The van der Waals surface area contributed by atoms with Gasteiger partial charge in [0.2, 0.25) is 0 Å². The Bertz CT molecular complexity index is 388. The zero-order chi connectivity index (χ0) is 10.8. The molecule has 1 aliphatic carbocycles. The summed E-state index contributed by atoms with van der Waals surface area (Å²) in [7, 11) is -0.360. The number of likely N-dealkylation sites (N-methyl/N-ethyl adjacent to an activating group) is 1. The minimum atomic E-state index is -2.17. The number of hydrogen-bond donors (Lipinski definition) is 0. The van der Waals surface area contributed by atoms with Gasteiger partial charge in [0, 0.05) is 23.0 Å². The first-order valence-corrected chi connectivity index (χ1v) is 6.65. The quantitative estimate of drug-likeness (QED) is 0.654. The normalized spacial score (nSPS) is 20.4. The summed E-state index contributed by atoms with van der Waals surface area (Å²) in [6.07, 6.45) is 9.67. The Morgan fingerprint density at radius 2 is 2.07 bits per heavy atom. The van der Waals surface area contributed by atoms with Crippen LogP contribution in [0, 0.1) is 0 Å². The Kier molecular flexibility index (Phi) is 3.21. The first-order chi connectivity index (χ1) is 6.46. The smallest absolute Gasteiger partial charge is 0.0512 e. The van der Waals surface area contributed by atoms with E-state index in [0.717, 1.165) is 24.1 Å². The van der Waals surface area contributed by atoms with Gasteiger partial charge in [-0.05, 0) is 24.3 Å². The number of nitrogens with zero attached hydrogens (tertiary/aromatic N) is 1. The minimum Gasteiger partial charge on any atom is -0.303 e. The van der Waals surface area contributed by atoms with Gasteiger partial charge in [0.15, 0.2) is 0 Å². The van der Waals surface area contributed by atoms with Gasteiger partial charge in [-0.25, -0.2) is 4.21 Å². The molecule has 1 aliphatic rings. The maximum atomic E-state index is 11.8. The molecule has 0 bridgehead atoms. The third-order valence-electron chi connectivity index (χ3n) is 2.30. The molecule has 0 N–H and O–H groups in total. The Hall–Kier alpha value is -0.960. The molecule has 0 saturated heterocycles. The van der Waals surface area contributed by atoms with E-state index in [1.165, 1.54) is 0 Å². The van der Waals surface area contributed by atoms with Crippen molar-refractivity contribution in [2.24, 2.45) is 0 Å². The predicted octanol–water partition coefficient (Wildman–Crippen LogP) is 1.97. The molecular formula is C11H17NOS. The second-order valence-corrected chi connectivity index (χ2v) is 5.95. The molecule has 1 unspecified atom stereocenters. The highest BCUT2D eigenvalue weighted by Crippen LogP contribution is 2.23. The van der Waals surface area contributed by atoms with E-state index in [0.29, 0.717) is 0 Å². The lowest BCUT2D eigenvalue weighted by Crippen LogP contribution is -2.26. The molecular weight excluding hydrogens is 194 g/mol. The van der Waals surface area contributed by atoms with E-state index >= 15 is 0 Å².